The van der Waals surface area contributed by atoms with Crippen molar-refractivity contribution in [1.82, 2.24) is 0 Å². The maximum Gasteiger partial charge on any atom is 0.252 e. The maximum atomic E-state index is 6.24. The first-order valence-corrected chi connectivity index (χ1v) is 15.1. The van der Waals surface area contributed by atoms with Gasteiger partial charge in [0.2, 0.25) is 27.2 Å². The number of benzene rings is 5. The zero-order valence-corrected chi connectivity index (χ0v) is 24.5. The zero-order valence-electron chi connectivity index (χ0n) is 24.5. The number of anilines is 6. The number of fused-ring (bicyclic) bond motifs is 10. The summed E-state index contributed by atoms with van der Waals surface area (Å²) in [6.45, 7) is 2.55. The van der Waals surface area contributed by atoms with Gasteiger partial charge in [-0.05, 0) is 77.4 Å². The molecule has 224 valence electrons. The fourth-order valence-electron chi connectivity index (χ4n) is 7.70. The van der Waals surface area contributed by atoms with Gasteiger partial charge in [-0.15, -0.1) is 0 Å². The Bertz CT molecular complexity index is 2040. The van der Waals surface area contributed by atoms with Gasteiger partial charge in [-0.3, -0.25) is 0 Å². The quantitative estimate of drug-likeness (QED) is 0.250. The van der Waals surface area contributed by atoms with E-state index in [2.05, 4.69) is 53.1 Å². The van der Waals surface area contributed by atoms with Crippen LogP contribution in [0.3, 0.4) is 0 Å². The van der Waals surface area contributed by atoms with Gasteiger partial charge >= 0.3 is 0 Å². The molecule has 0 spiro atoms. The minimum absolute atomic E-state index is 0.146. The molecule has 6 heterocycles. The summed E-state index contributed by atoms with van der Waals surface area (Å²) in [5, 5.41) is 0. The second-order valence-electron chi connectivity index (χ2n) is 11.8. The predicted octanol–water partition coefficient (Wildman–Crippen LogP) is 4.99. The minimum Gasteiger partial charge on any atom is -0.454 e. The Morgan fingerprint density at radius 3 is 1.39 bits per heavy atom. The molecule has 5 aromatic rings. The van der Waals surface area contributed by atoms with Crippen molar-refractivity contribution < 1.29 is 37.9 Å². The van der Waals surface area contributed by atoms with Crippen LogP contribution in [0.5, 0.6) is 46.0 Å². The SMILES string of the molecule is Cc1cc2c3c(c1)N(c1cccc4c1OCO4)c1c(ccc4c1OCO4)B3c1ccc3c(c1N2c1cccc2c1OCO2)OCO3. The molecule has 0 aliphatic carbocycles. The number of ether oxygens (including phenoxy) is 8. The first-order valence-electron chi connectivity index (χ1n) is 15.1. The van der Waals surface area contributed by atoms with E-state index in [1.807, 2.05) is 36.4 Å². The van der Waals surface area contributed by atoms with Gasteiger partial charge in [0.15, 0.2) is 46.0 Å². The summed E-state index contributed by atoms with van der Waals surface area (Å²) in [5.41, 5.74) is 9.83. The maximum absolute atomic E-state index is 6.24. The largest absolute Gasteiger partial charge is 0.454 e. The van der Waals surface area contributed by atoms with E-state index in [1.54, 1.807) is 0 Å². The fraction of sp³-hybridized carbons (Fsp3) is 0.143. The molecule has 5 aromatic carbocycles. The van der Waals surface area contributed by atoms with E-state index in [0.717, 1.165) is 56.1 Å². The van der Waals surface area contributed by atoms with Crippen LogP contribution in [-0.4, -0.2) is 33.9 Å². The molecular formula is C35H23BN2O8. The van der Waals surface area contributed by atoms with Gasteiger partial charge in [-0.2, -0.15) is 0 Å². The van der Waals surface area contributed by atoms with Crippen LogP contribution in [-0.2, 0) is 0 Å². The Hall–Kier alpha value is -5.84. The minimum atomic E-state index is -0.171. The van der Waals surface area contributed by atoms with Crippen LogP contribution in [0.4, 0.5) is 34.1 Å². The highest BCUT2D eigenvalue weighted by molar-refractivity contribution is 7.00. The summed E-state index contributed by atoms with van der Waals surface area (Å²) in [7, 11) is 0. The third kappa shape index (κ3) is 3.02. The van der Waals surface area contributed by atoms with Gasteiger partial charge in [0.1, 0.15) is 0 Å². The lowest BCUT2D eigenvalue weighted by atomic mass is 9.33. The van der Waals surface area contributed by atoms with E-state index in [4.69, 9.17) is 37.9 Å². The molecule has 0 bridgehead atoms. The average molecular weight is 610 g/mol. The van der Waals surface area contributed by atoms with Crippen LogP contribution in [0, 0.1) is 6.92 Å². The van der Waals surface area contributed by atoms with Gasteiger partial charge < -0.3 is 47.7 Å². The van der Waals surface area contributed by atoms with Gasteiger partial charge in [0.25, 0.3) is 6.71 Å². The second kappa shape index (κ2) is 8.66. The molecule has 0 unspecified atom stereocenters. The van der Waals surface area contributed by atoms with Gasteiger partial charge in [-0.25, -0.2) is 0 Å². The van der Waals surface area contributed by atoms with Crippen molar-refractivity contribution in [1.29, 1.82) is 0 Å². The van der Waals surface area contributed by atoms with Crippen LogP contribution in [0.25, 0.3) is 0 Å². The molecule has 0 radical (unpaired) electrons. The number of aryl methyl sites for hydroxylation is 1. The monoisotopic (exact) mass is 610 g/mol. The molecule has 6 aliphatic rings. The van der Waals surface area contributed by atoms with Crippen LogP contribution < -0.4 is 64.1 Å². The fourth-order valence-corrected chi connectivity index (χ4v) is 7.70. The lowest BCUT2D eigenvalue weighted by Gasteiger charge is -2.44. The molecule has 46 heavy (non-hydrogen) atoms. The number of para-hydroxylation sites is 2. The number of hydrogen-bond donors (Lipinski definition) is 0. The molecule has 6 aliphatic heterocycles. The Labute approximate surface area is 263 Å². The summed E-state index contributed by atoms with van der Waals surface area (Å²) in [6.07, 6.45) is 0. The number of rotatable bonds is 2. The van der Waals surface area contributed by atoms with Crippen molar-refractivity contribution in [3.8, 4) is 46.0 Å². The van der Waals surface area contributed by atoms with Gasteiger partial charge in [-0.1, -0.05) is 24.3 Å². The van der Waals surface area contributed by atoms with Crippen molar-refractivity contribution in [2.24, 2.45) is 0 Å². The first kappa shape index (κ1) is 24.5. The second-order valence-corrected chi connectivity index (χ2v) is 11.8. The molecule has 11 heteroatoms. The van der Waals surface area contributed by atoms with Crippen LogP contribution >= 0.6 is 0 Å². The van der Waals surface area contributed by atoms with Crippen molar-refractivity contribution in [3.05, 3.63) is 78.4 Å². The predicted molar refractivity (Wildman–Crippen MR) is 170 cm³/mol. The highest BCUT2D eigenvalue weighted by Crippen LogP contribution is 2.57. The van der Waals surface area contributed by atoms with Gasteiger partial charge in [0, 0.05) is 11.4 Å². The summed E-state index contributed by atoms with van der Waals surface area (Å²) in [5.74, 6) is 5.55. The highest BCUT2D eigenvalue weighted by Gasteiger charge is 2.48. The molecule has 0 fully saturated rings. The molecule has 0 N–H and O–H groups in total. The standard InChI is InChI=1S/C35H23BN2O8/c1-18-12-23-29-24(13-18)38(22-5-3-7-26-33(22)44-15-40-26)31-20(9-11-28-35(31)46-17-42-28)36(29)19-8-10-27-34(45-16-41-27)30(19)37(23)21-4-2-6-25-32(21)43-14-39-25/h2-13H,14-17H2,1H3. The first-order chi connectivity index (χ1) is 22.7. The number of hydrogen-bond acceptors (Lipinski definition) is 10. The molecular weight excluding hydrogens is 587 g/mol. The lowest BCUT2D eigenvalue weighted by molar-refractivity contribution is 0.173. The van der Waals surface area contributed by atoms with Gasteiger partial charge in [0.05, 0.1) is 22.7 Å². The van der Waals surface area contributed by atoms with Crippen molar-refractivity contribution in [3.63, 3.8) is 0 Å². The van der Waals surface area contributed by atoms with E-state index in [0.29, 0.717) is 46.0 Å². The van der Waals surface area contributed by atoms with E-state index in [9.17, 15) is 0 Å². The molecule has 0 saturated carbocycles. The van der Waals surface area contributed by atoms with Crippen molar-refractivity contribution in [2.45, 2.75) is 6.92 Å². The Morgan fingerprint density at radius 1 is 0.478 bits per heavy atom. The van der Waals surface area contributed by atoms with Crippen molar-refractivity contribution >= 4 is 57.2 Å². The average Bonchev–Trinajstić information content (AvgIpc) is 3.90. The van der Waals surface area contributed by atoms with E-state index < -0.39 is 0 Å². The third-order valence-corrected chi connectivity index (χ3v) is 9.44. The summed E-state index contributed by atoms with van der Waals surface area (Å²) < 4.78 is 48.2. The van der Waals surface area contributed by atoms with E-state index in [-0.39, 0.29) is 33.9 Å². The number of nitrogens with zero attached hydrogens (tertiary/aromatic N) is 2. The molecule has 10 nitrogen and oxygen atoms in total. The summed E-state index contributed by atoms with van der Waals surface area (Å²) in [6, 6.07) is 24.7. The van der Waals surface area contributed by atoms with Crippen LogP contribution in [0.1, 0.15) is 5.56 Å². The molecule has 11 rings (SSSR count). The third-order valence-electron chi connectivity index (χ3n) is 9.44. The molecule has 0 atom stereocenters. The Balaban J connectivity index is 1.28. The topological polar surface area (TPSA) is 80.3 Å². The van der Waals surface area contributed by atoms with Crippen LogP contribution in [0.2, 0.25) is 0 Å². The Kier molecular flexibility index (Phi) is 4.61. The van der Waals surface area contributed by atoms with E-state index in [1.165, 1.54) is 0 Å². The highest BCUT2D eigenvalue weighted by atomic mass is 16.7. The smallest absolute Gasteiger partial charge is 0.252 e. The Morgan fingerprint density at radius 2 is 0.913 bits per heavy atom. The zero-order chi connectivity index (χ0) is 30.1. The van der Waals surface area contributed by atoms with Crippen molar-refractivity contribution in [2.75, 3.05) is 37.0 Å². The summed E-state index contributed by atoms with van der Waals surface area (Å²) in [4.78, 5) is 4.48. The van der Waals surface area contributed by atoms with E-state index >= 15 is 0 Å². The molecule has 0 amide bonds. The summed E-state index contributed by atoms with van der Waals surface area (Å²) >= 11 is 0. The molecule has 0 saturated heterocycles. The molecule has 0 aromatic heterocycles. The van der Waals surface area contributed by atoms with Crippen LogP contribution in [0.15, 0.2) is 72.8 Å². The lowest BCUT2D eigenvalue weighted by Crippen LogP contribution is -2.61. The normalized spacial score (nSPS) is 16.4.